The molecule has 0 bridgehead atoms. The fourth-order valence-electron chi connectivity index (χ4n) is 2.28. The van der Waals surface area contributed by atoms with Gasteiger partial charge < -0.3 is 10.6 Å². The lowest BCUT2D eigenvalue weighted by atomic mass is 9.80. The van der Waals surface area contributed by atoms with E-state index in [1.54, 1.807) is 7.05 Å². The fourth-order valence-corrected chi connectivity index (χ4v) is 2.28. The van der Waals surface area contributed by atoms with E-state index in [-0.39, 0.29) is 11.6 Å². The van der Waals surface area contributed by atoms with Crippen molar-refractivity contribution >= 4 is 5.91 Å². The molecule has 0 saturated heterocycles. The maximum atomic E-state index is 13.5. The lowest BCUT2D eigenvalue weighted by Crippen LogP contribution is -2.43. The van der Waals surface area contributed by atoms with Gasteiger partial charge in [-0.1, -0.05) is 6.07 Å². The van der Waals surface area contributed by atoms with Gasteiger partial charge in [0.05, 0.1) is 5.56 Å². The predicted octanol–water partition coefficient (Wildman–Crippen LogP) is 1.77. The van der Waals surface area contributed by atoms with Crippen LogP contribution in [0.2, 0.25) is 0 Å². The molecule has 0 unspecified atom stereocenters. The molecule has 1 saturated carbocycles. The molecule has 0 aromatic heterocycles. The number of rotatable bonds is 3. The second-order valence-corrected chi connectivity index (χ2v) is 4.88. The maximum Gasteiger partial charge on any atom is 0.256 e. The molecule has 0 spiro atoms. The molecule has 2 N–H and O–H groups in total. The highest BCUT2D eigenvalue weighted by Crippen LogP contribution is 2.26. The Bertz CT molecular complexity index is 458. The molecule has 1 aromatic rings. The van der Waals surface area contributed by atoms with E-state index in [4.69, 9.17) is 5.73 Å². The average Bonchev–Trinajstić information content (AvgIpc) is 2.30. The molecule has 0 heterocycles. The molecule has 1 amide bonds. The van der Waals surface area contributed by atoms with E-state index in [0.717, 1.165) is 18.9 Å². The zero-order chi connectivity index (χ0) is 13.3. The molecule has 0 radical (unpaired) electrons. The van der Waals surface area contributed by atoms with Crippen LogP contribution in [0.3, 0.4) is 0 Å². The van der Waals surface area contributed by atoms with Gasteiger partial charge in [0.2, 0.25) is 0 Å². The first-order chi connectivity index (χ1) is 8.49. The van der Waals surface area contributed by atoms with Crippen LogP contribution in [0, 0.1) is 17.6 Å². The van der Waals surface area contributed by atoms with E-state index in [2.05, 4.69) is 0 Å². The zero-order valence-corrected chi connectivity index (χ0v) is 10.2. The van der Waals surface area contributed by atoms with Gasteiger partial charge in [-0.25, -0.2) is 8.78 Å². The summed E-state index contributed by atoms with van der Waals surface area (Å²) in [5.74, 6) is -2.21. The Morgan fingerprint density at radius 3 is 2.72 bits per heavy atom. The van der Waals surface area contributed by atoms with Crippen LogP contribution in [0.5, 0.6) is 0 Å². The zero-order valence-electron chi connectivity index (χ0n) is 10.2. The summed E-state index contributed by atoms with van der Waals surface area (Å²) in [7, 11) is 1.59. The average molecular weight is 254 g/mol. The first kappa shape index (κ1) is 13.0. The molecule has 1 aromatic carbocycles. The third kappa shape index (κ3) is 2.51. The molecule has 2 rings (SSSR count). The minimum atomic E-state index is -1.08. The topological polar surface area (TPSA) is 46.3 Å². The maximum absolute atomic E-state index is 13.5. The van der Waals surface area contributed by atoms with Crippen molar-refractivity contribution in [2.45, 2.75) is 18.9 Å². The summed E-state index contributed by atoms with van der Waals surface area (Å²) in [4.78, 5) is 13.4. The van der Waals surface area contributed by atoms with Crippen molar-refractivity contribution in [3.8, 4) is 0 Å². The van der Waals surface area contributed by atoms with Crippen LogP contribution in [0.15, 0.2) is 18.2 Å². The van der Waals surface area contributed by atoms with E-state index >= 15 is 0 Å². The van der Waals surface area contributed by atoms with Gasteiger partial charge in [0.1, 0.15) is 0 Å². The minimum absolute atomic E-state index is 0.212. The van der Waals surface area contributed by atoms with Crippen molar-refractivity contribution in [2.24, 2.45) is 11.7 Å². The van der Waals surface area contributed by atoms with Crippen LogP contribution in [0.25, 0.3) is 0 Å². The number of nitrogens with two attached hydrogens (primary N) is 1. The normalized spacial score (nSPS) is 22.4. The van der Waals surface area contributed by atoms with Crippen molar-refractivity contribution in [1.82, 2.24) is 4.90 Å². The van der Waals surface area contributed by atoms with Gasteiger partial charge in [-0.2, -0.15) is 0 Å². The van der Waals surface area contributed by atoms with Gasteiger partial charge in [-0.3, -0.25) is 4.79 Å². The van der Waals surface area contributed by atoms with E-state index in [9.17, 15) is 13.6 Å². The second-order valence-electron chi connectivity index (χ2n) is 4.88. The molecule has 1 fully saturated rings. The van der Waals surface area contributed by atoms with Gasteiger partial charge in [-0.05, 0) is 30.9 Å². The van der Waals surface area contributed by atoms with Gasteiger partial charge in [0.15, 0.2) is 11.6 Å². The SMILES string of the molecule is CN(CC1CC(N)C1)C(=O)c1cccc(F)c1F. The summed E-state index contributed by atoms with van der Waals surface area (Å²) in [5, 5.41) is 0. The Morgan fingerprint density at radius 1 is 1.44 bits per heavy atom. The highest BCUT2D eigenvalue weighted by Gasteiger charge is 2.29. The third-order valence-corrected chi connectivity index (χ3v) is 3.33. The summed E-state index contributed by atoms with van der Waals surface area (Å²) < 4.78 is 26.5. The molecule has 0 atom stereocenters. The molecule has 98 valence electrons. The summed E-state index contributed by atoms with van der Waals surface area (Å²) in [6.45, 7) is 0.530. The van der Waals surface area contributed by atoms with Crippen molar-refractivity contribution in [1.29, 1.82) is 0 Å². The Balaban J connectivity index is 2.04. The third-order valence-electron chi connectivity index (χ3n) is 3.33. The first-order valence-electron chi connectivity index (χ1n) is 5.94. The number of nitrogens with zero attached hydrogens (tertiary/aromatic N) is 1. The van der Waals surface area contributed by atoms with Crippen LogP contribution < -0.4 is 5.73 Å². The molecule has 1 aliphatic rings. The molecule has 0 aliphatic heterocycles. The lowest BCUT2D eigenvalue weighted by molar-refractivity contribution is 0.0728. The smallest absolute Gasteiger partial charge is 0.256 e. The quantitative estimate of drug-likeness (QED) is 0.893. The Labute approximate surface area is 105 Å². The summed E-state index contributed by atoms with van der Waals surface area (Å²) in [6, 6.07) is 3.84. The van der Waals surface area contributed by atoms with E-state index < -0.39 is 17.5 Å². The van der Waals surface area contributed by atoms with E-state index in [1.807, 2.05) is 0 Å². The van der Waals surface area contributed by atoms with Crippen LogP contribution in [0.1, 0.15) is 23.2 Å². The van der Waals surface area contributed by atoms with Gasteiger partial charge >= 0.3 is 0 Å². The highest BCUT2D eigenvalue weighted by atomic mass is 19.2. The van der Waals surface area contributed by atoms with Crippen molar-refractivity contribution in [3.05, 3.63) is 35.4 Å². The number of hydrogen-bond acceptors (Lipinski definition) is 2. The number of hydrogen-bond donors (Lipinski definition) is 1. The molecular weight excluding hydrogens is 238 g/mol. The predicted molar refractivity (Wildman–Crippen MR) is 64.0 cm³/mol. The number of benzene rings is 1. The minimum Gasteiger partial charge on any atom is -0.341 e. The summed E-state index contributed by atoms with van der Waals surface area (Å²) in [6.07, 6.45) is 1.76. The number of halogens is 2. The lowest BCUT2D eigenvalue weighted by Gasteiger charge is -2.35. The van der Waals surface area contributed by atoms with Gasteiger partial charge in [0.25, 0.3) is 5.91 Å². The molecular formula is C13H16F2N2O. The largest absolute Gasteiger partial charge is 0.341 e. The summed E-state index contributed by atoms with van der Waals surface area (Å²) >= 11 is 0. The number of carbonyl (C=O) groups excluding carboxylic acids is 1. The van der Waals surface area contributed by atoms with E-state index in [1.165, 1.54) is 17.0 Å². The van der Waals surface area contributed by atoms with Crippen LogP contribution in [-0.4, -0.2) is 30.4 Å². The van der Waals surface area contributed by atoms with Gasteiger partial charge in [-0.15, -0.1) is 0 Å². The Morgan fingerprint density at radius 2 is 2.11 bits per heavy atom. The van der Waals surface area contributed by atoms with E-state index in [0.29, 0.717) is 12.5 Å². The Kier molecular flexibility index (Phi) is 3.61. The molecule has 5 heteroatoms. The number of amides is 1. The van der Waals surface area contributed by atoms with Gasteiger partial charge in [0, 0.05) is 19.6 Å². The number of carbonyl (C=O) groups is 1. The summed E-state index contributed by atoms with van der Waals surface area (Å²) in [5.41, 5.74) is 5.44. The highest BCUT2D eigenvalue weighted by molar-refractivity contribution is 5.94. The monoisotopic (exact) mass is 254 g/mol. The molecule has 18 heavy (non-hydrogen) atoms. The van der Waals surface area contributed by atoms with Crippen LogP contribution in [0.4, 0.5) is 8.78 Å². The Hall–Kier alpha value is -1.49. The first-order valence-corrected chi connectivity index (χ1v) is 5.94. The molecule has 1 aliphatic carbocycles. The van der Waals surface area contributed by atoms with Crippen LogP contribution >= 0.6 is 0 Å². The molecule has 3 nitrogen and oxygen atoms in total. The van der Waals surface area contributed by atoms with Crippen molar-refractivity contribution < 1.29 is 13.6 Å². The fraction of sp³-hybridized carbons (Fsp3) is 0.462. The van der Waals surface area contributed by atoms with Crippen molar-refractivity contribution in [3.63, 3.8) is 0 Å². The standard InChI is InChI=1S/C13H16F2N2O/c1-17(7-8-5-9(16)6-8)13(18)10-3-2-4-11(14)12(10)15/h2-4,8-9H,5-7,16H2,1H3. The van der Waals surface area contributed by atoms with Crippen LogP contribution in [-0.2, 0) is 0 Å². The van der Waals surface area contributed by atoms with Crippen molar-refractivity contribution in [2.75, 3.05) is 13.6 Å². The second kappa shape index (κ2) is 5.02.